The highest BCUT2D eigenvalue weighted by atomic mass is 19.1. The van der Waals surface area contributed by atoms with E-state index in [1.165, 1.54) is 38.3 Å². The number of carbonyl (C=O) groups excluding carboxylic acids is 3. The van der Waals surface area contributed by atoms with Crippen LogP contribution in [0.5, 0.6) is 17.2 Å². The first-order chi connectivity index (χ1) is 22.1. The van der Waals surface area contributed by atoms with Crippen LogP contribution in [0.15, 0.2) is 65.0 Å². The average Bonchev–Trinajstić information content (AvgIpc) is 3.07. The van der Waals surface area contributed by atoms with Crippen LogP contribution in [0, 0.1) is 11.7 Å². The lowest BCUT2D eigenvalue weighted by molar-refractivity contribution is -0.158. The molecule has 2 heterocycles. The molecule has 13 heteroatoms. The molecule has 1 amide bonds. The standard InChI is InChI=1S/C33H39FN2O10/c1-19-17-35-28(31(29(19)41-5)43-18-42-21(3)37)32(38)36-26-7-6-8-27(45-24-15-13-23(40-4)14-16-24)30(20(2)44-33(26)39)46-25-11-9-22(34)10-12-25/h9-16,19-20,26-27,30H,6-8,17-18H2,1-5H3,(H,36,38). The predicted molar refractivity (Wildman–Crippen MR) is 163 cm³/mol. The molecule has 0 saturated carbocycles. The molecule has 2 aromatic rings. The maximum Gasteiger partial charge on any atom is 0.329 e. The second kappa shape index (κ2) is 16.0. The Morgan fingerprint density at radius 3 is 2.26 bits per heavy atom. The number of dihydropyridines is 1. The Bertz CT molecular complexity index is 1430. The molecule has 1 N–H and O–H groups in total. The Labute approximate surface area is 266 Å². The van der Waals surface area contributed by atoms with E-state index in [1.807, 2.05) is 6.92 Å². The second-order valence-corrected chi connectivity index (χ2v) is 10.9. The molecule has 5 atom stereocenters. The Hall–Kier alpha value is -4.81. The summed E-state index contributed by atoms with van der Waals surface area (Å²) < 4.78 is 53.2. The summed E-state index contributed by atoms with van der Waals surface area (Å²) in [6, 6.07) is 11.5. The van der Waals surface area contributed by atoms with Crippen molar-refractivity contribution in [2.24, 2.45) is 10.9 Å². The van der Waals surface area contributed by atoms with Gasteiger partial charge in [-0.25, -0.2) is 9.18 Å². The van der Waals surface area contributed by atoms with Gasteiger partial charge in [-0.3, -0.25) is 14.6 Å². The topological polar surface area (TPSA) is 140 Å². The van der Waals surface area contributed by atoms with E-state index in [4.69, 9.17) is 33.2 Å². The molecule has 248 valence electrons. The van der Waals surface area contributed by atoms with Gasteiger partial charge in [-0.1, -0.05) is 6.92 Å². The van der Waals surface area contributed by atoms with Crippen molar-refractivity contribution in [3.05, 3.63) is 65.9 Å². The SMILES string of the molecule is COC1=C(OCOC(C)=O)C(C(=O)NC2CCCC(Oc3ccc(OC)cc3)C(Oc3ccc(F)cc3)C(C)OC2=O)=NCC1C. The number of methoxy groups -OCH3 is 2. The summed E-state index contributed by atoms with van der Waals surface area (Å²) in [6.07, 6.45) is -1.13. The zero-order valence-corrected chi connectivity index (χ0v) is 26.4. The van der Waals surface area contributed by atoms with Crippen molar-refractivity contribution in [3.8, 4) is 17.2 Å². The number of rotatable bonds is 11. The van der Waals surface area contributed by atoms with Gasteiger partial charge in [0.2, 0.25) is 6.79 Å². The quantitative estimate of drug-likeness (QED) is 0.281. The fraction of sp³-hybridized carbons (Fsp3) is 0.455. The molecule has 5 unspecified atom stereocenters. The number of esters is 2. The maximum absolute atomic E-state index is 13.6. The summed E-state index contributed by atoms with van der Waals surface area (Å²) in [5.74, 6) is -0.597. The monoisotopic (exact) mass is 642 g/mol. The number of cyclic esters (lactones) is 1. The third-order valence-electron chi connectivity index (χ3n) is 7.45. The maximum atomic E-state index is 13.6. The van der Waals surface area contributed by atoms with Gasteiger partial charge in [0.05, 0.1) is 14.2 Å². The average molecular weight is 643 g/mol. The van der Waals surface area contributed by atoms with Gasteiger partial charge in [0, 0.05) is 19.4 Å². The summed E-state index contributed by atoms with van der Waals surface area (Å²) >= 11 is 0. The third-order valence-corrected chi connectivity index (χ3v) is 7.45. The summed E-state index contributed by atoms with van der Waals surface area (Å²) in [7, 11) is 3.00. The Morgan fingerprint density at radius 1 is 0.957 bits per heavy atom. The smallest absolute Gasteiger partial charge is 0.329 e. The molecule has 0 radical (unpaired) electrons. The zero-order chi connectivity index (χ0) is 33.2. The summed E-state index contributed by atoms with van der Waals surface area (Å²) in [6.45, 7) is 4.53. The third kappa shape index (κ3) is 8.89. The van der Waals surface area contributed by atoms with Gasteiger partial charge >= 0.3 is 11.9 Å². The largest absolute Gasteiger partial charge is 0.497 e. The van der Waals surface area contributed by atoms with Crippen LogP contribution >= 0.6 is 0 Å². The van der Waals surface area contributed by atoms with Gasteiger partial charge < -0.3 is 38.5 Å². The predicted octanol–water partition coefficient (Wildman–Crippen LogP) is 4.12. The molecule has 0 aromatic heterocycles. The first kappa shape index (κ1) is 34.1. The summed E-state index contributed by atoms with van der Waals surface area (Å²) in [5, 5.41) is 2.73. The minimum atomic E-state index is -1.04. The van der Waals surface area contributed by atoms with Gasteiger partial charge in [-0.2, -0.15) is 0 Å². The summed E-state index contributed by atoms with van der Waals surface area (Å²) in [4.78, 5) is 42.6. The van der Waals surface area contributed by atoms with Crippen LogP contribution in [0.3, 0.4) is 0 Å². The molecule has 12 nitrogen and oxygen atoms in total. The van der Waals surface area contributed by atoms with Crippen LogP contribution in [-0.2, 0) is 33.3 Å². The second-order valence-electron chi connectivity index (χ2n) is 10.9. The van der Waals surface area contributed by atoms with Crippen molar-refractivity contribution in [3.63, 3.8) is 0 Å². The zero-order valence-electron chi connectivity index (χ0n) is 26.4. The minimum Gasteiger partial charge on any atom is -0.497 e. The van der Waals surface area contributed by atoms with Gasteiger partial charge in [-0.15, -0.1) is 0 Å². The Morgan fingerprint density at radius 2 is 1.61 bits per heavy atom. The molecule has 1 fully saturated rings. The lowest BCUT2D eigenvalue weighted by Gasteiger charge is -2.32. The van der Waals surface area contributed by atoms with E-state index in [0.29, 0.717) is 35.8 Å². The molecule has 0 spiro atoms. The Balaban J connectivity index is 1.54. The minimum absolute atomic E-state index is 0.0190. The molecular weight excluding hydrogens is 603 g/mol. The van der Waals surface area contributed by atoms with E-state index in [2.05, 4.69) is 10.3 Å². The van der Waals surface area contributed by atoms with Crippen LogP contribution in [0.2, 0.25) is 0 Å². The van der Waals surface area contributed by atoms with E-state index in [1.54, 1.807) is 38.3 Å². The number of nitrogens with zero attached hydrogens (tertiary/aromatic N) is 1. The van der Waals surface area contributed by atoms with Crippen LogP contribution in [0.4, 0.5) is 4.39 Å². The lowest BCUT2D eigenvalue weighted by atomic mass is 10.0. The summed E-state index contributed by atoms with van der Waals surface area (Å²) in [5.41, 5.74) is -0.0962. The highest BCUT2D eigenvalue weighted by Gasteiger charge is 2.38. The number of hydrogen-bond acceptors (Lipinski definition) is 11. The fourth-order valence-corrected chi connectivity index (χ4v) is 5.10. The van der Waals surface area contributed by atoms with E-state index in [0.717, 1.165) is 0 Å². The molecule has 1 saturated heterocycles. The first-order valence-corrected chi connectivity index (χ1v) is 14.9. The van der Waals surface area contributed by atoms with Crippen molar-refractivity contribution in [1.29, 1.82) is 0 Å². The molecular formula is C33H39FN2O10. The highest BCUT2D eigenvalue weighted by Crippen LogP contribution is 2.28. The number of aliphatic imine (C=N–C) groups is 1. The molecule has 2 aliphatic rings. The number of nitrogens with one attached hydrogen (secondary N) is 1. The molecule has 46 heavy (non-hydrogen) atoms. The first-order valence-electron chi connectivity index (χ1n) is 14.9. The lowest BCUT2D eigenvalue weighted by Crippen LogP contribution is -2.49. The van der Waals surface area contributed by atoms with Gasteiger partial charge in [-0.05, 0) is 74.7 Å². The van der Waals surface area contributed by atoms with Crippen LogP contribution in [0.1, 0.15) is 40.0 Å². The number of benzene rings is 2. The van der Waals surface area contributed by atoms with E-state index >= 15 is 0 Å². The van der Waals surface area contributed by atoms with Crippen LogP contribution < -0.4 is 19.5 Å². The molecule has 2 aromatic carbocycles. The number of halogens is 1. The van der Waals surface area contributed by atoms with Crippen molar-refractivity contribution in [1.82, 2.24) is 5.32 Å². The molecule has 0 aliphatic carbocycles. The van der Waals surface area contributed by atoms with Gasteiger partial charge in [0.1, 0.15) is 47.1 Å². The number of amides is 1. The van der Waals surface area contributed by atoms with E-state index in [-0.39, 0.29) is 30.4 Å². The number of ether oxygens (including phenoxy) is 7. The number of carbonyl (C=O) groups is 3. The van der Waals surface area contributed by atoms with Crippen molar-refractivity contribution < 1.29 is 51.9 Å². The Kier molecular flexibility index (Phi) is 11.8. The molecule has 2 aliphatic heterocycles. The highest BCUT2D eigenvalue weighted by molar-refractivity contribution is 6.45. The van der Waals surface area contributed by atoms with Crippen LogP contribution in [0.25, 0.3) is 0 Å². The number of hydrogen-bond donors (Lipinski definition) is 1. The van der Waals surface area contributed by atoms with E-state index in [9.17, 15) is 18.8 Å². The van der Waals surface area contributed by atoms with Crippen molar-refractivity contribution in [2.45, 2.75) is 64.4 Å². The van der Waals surface area contributed by atoms with E-state index < -0.39 is 54.8 Å². The van der Waals surface area contributed by atoms with Gasteiger partial charge in [0.25, 0.3) is 5.91 Å². The fourth-order valence-electron chi connectivity index (χ4n) is 5.10. The van der Waals surface area contributed by atoms with Crippen molar-refractivity contribution >= 4 is 23.6 Å². The normalized spacial score (nSPS) is 23.4. The van der Waals surface area contributed by atoms with Crippen molar-refractivity contribution in [2.75, 3.05) is 27.6 Å². The van der Waals surface area contributed by atoms with Gasteiger partial charge in [0.15, 0.2) is 17.6 Å². The molecule has 4 rings (SSSR count). The molecule has 0 bridgehead atoms. The van der Waals surface area contributed by atoms with Crippen LogP contribution in [-0.4, -0.2) is 75.5 Å².